The Morgan fingerprint density at radius 2 is 1.14 bits per heavy atom. The summed E-state index contributed by atoms with van der Waals surface area (Å²) >= 11 is 0. The maximum Gasteiger partial charge on any atom is 0.431 e. The number of nitrogens with one attached hydrogen (secondary N) is 2. The molecule has 0 aliphatic carbocycles. The predicted molar refractivity (Wildman–Crippen MR) is 166 cm³/mol. The molecule has 2 rings (SSSR count). The van der Waals surface area contributed by atoms with Gasteiger partial charge in [0.25, 0.3) is 11.8 Å². The Morgan fingerprint density at radius 1 is 0.738 bits per heavy atom. The van der Waals surface area contributed by atoms with E-state index in [1.165, 1.54) is 4.90 Å². The molecule has 0 aromatic heterocycles. The number of amides is 4. The molecule has 14 nitrogen and oxygen atoms in total. The minimum atomic E-state index is -1.24. The number of carbonyl (C=O) groups excluding carboxylic acids is 4. The molecule has 0 saturated heterocycles. The van der Waals surface area contributed by atoms with Gasteiger partial charge in [0.2, 0.25) is 0 Å². The molecule has 1 heterocycles. The summed E-state index contributed by atoms with van der Waals surface area (Å²) in [6, 6.07) is 8.60. The van der Waals surface area contributed by atoms with Crippen molar-refractivity contribution in [1.29, 1.82) is 0 Å². The molecule has 240 valence electrons. The first-order valence-corrected chi connectivity index (χ1v) is 21.2. The number of benzene rings is 1. The molecule has 4 amide bonds. The molecule has 1 aliphatic heterocycles. The van der Waals surface area contributed by atoms with E-state index < -0.39 is 28.3 Å². The second kappa shape index (κ2) is 20.9. The van der Waals surface area contributed by atoms with Gasteiger partial charge in [-0.3, -0.25) is 35.8 Å². The van der Waals surface area contributed by atoms with E-state index in [0.29, 0.717) is 43.9 Å². The third kappa shape index (κ3) is 17.8. The molecule has 0 fully saturated rings. The summed E-state index contributed by atoms with van der Waals surface area (Å²) in [5.41, 5.74) is 10.5. The first kappa shape index (κ1) is 39.1. The lowest BCUT2D eigenvalue weighted by molar-refractivity contribution is 0.0249. The van der Waals surface area contributed by atoms with Crippen molar-refractivity contribution in [2.45, 2.75) is 64.2 Å². The monoisotopic (exact) mass is 630 g/mol. The van der Waals surface area contributed by atoms with Crippen LogP contribution in [-0.2, 0) is 19.1 Å². The number of hydrazine groups is 1. The van der Waals surface area contributed by atoms with E-state index in [9.17, 15) is 19.2 Å². The van der Waals surface area contributed by atoms with E-state index in [0.717, 1.165) is 18.5 Å². The third-order valence-corrected chi connectivity index (χ3v) is 8.85. The first-order valence-electron chi connectivity index (χ1n) is 13.8. The van der Waals surface area contributed by atoms with Crippen LogP contribution >= 0.6 is 0 Å². The SMILES string of the molecule is C[Si](C)(C)CCOC(=O)NOCCCN.C[Si](C)(C)CCOC(=O)NOCCCN1C(=O)c2ccccc2C1=O.NN. The van der Waals surface area contributed by atoms with Gasteiger partial charge in [-0.2, -0.15) is 11.0 Å². The summed E-state index contributed by atoms with van der Waals surface area (Å²) in [7, 11) is -2.37. The van der Waals surface area contributed by atoms with Crippen LogP contribution in [0.3, 0.4) is 0 Å². The number of hydrogen-bond donors (Lipinski definition) is 5. The third-order valence-electron chi connectivity index (χ3n) is 5.44. The molecular weight excluding hydrogens is 580 g/mol. The number of nitrogens with two attached hydrogens (primary N) is 3. The molecule has 1 aliphatic rings. The highest BCUT2D eigenvalue weighted by Crippen LogP contribution is 2.22. The van der Waals surface area contributed by atoms with Gasteiger partial charge < -0.3 is 15.2 Å². The van der Waals surface area contributed by atoms with Gasteiger partial charge in [0.05, 0.1) is 37.6 Å². The van der Waals surface area contributed by atoms with Crippen LogP contribution in [-0.4, -0.2) is 84.6 Å². The molecule has 0 spiro atoms. The van der Waals surface area contributed by atoms with Gasteiger partial charge in [-0.25, -0.2) is 9.59 Å². The zero-order chi connectivity index (χ0) is 32.2. The summed E-state index contributed by atoms with van der Waals surface area (Å²) in [5, 5.41) is 0. The van der Waals surface area contributed by atoms with Gasteiger partial charge in [-0.1, -0.05) is 51.4 Å². The minimum Gasteiger partial charge on any atom is -0.448 e. The summed E-state index contributed by atoms with van der Waals surface area (Å²) < 4.78 is 9.94. The Labute approximate surface area is 250 Å². The molecule has 42 heavy (non-hydrogen) atoms. The maximum absolute atomic E-state index is 12.2. The summed E-state index contributed by atoms with van der Waals surface area (Å²) in [4.78, 5) is 57.8. The Hall–Kier alpha value is -2.87. The Balaban J connectivity index is 0.000000850. The van der Waals surface area contributed by atoms with Crippen LogP contribution in [0.5, 0.6) is 0 Å². The lowest BCUT2D eigenvalue weighted by atomic mass is 10.1. The average molecular weight is 631 g/mol. The van der Waals surface area contributed by atoms with E-state index in [4.69, 9.17) is 24.9 Å². The molecular formula is C26H50N6O8Si2. The quantitative estimate of drug-likeness (QED) is 0.0625. The van der Waals surface area contributed by atoms with E-state index in [-0.39, 0.29) is 25.0 Å². The highest BCUT2D eigenvalue weighted by atomic mass is 28.3. The molecule has 0 radical (unpaired) electrons. The van der Waals surface area contributed by atoms with Gasteiger partial charge in [0.15, 0.2) is 0 Å². The average Bonchev–Trinajstić information content (AvgIpc) is 3.16. The smallest absolute Gasteiger partial charge is 0.431 e. The molecule has 1 aromatic carbocycles. The van der Waals surface area contributed by atoms with Crippen molar-refractivity contribution in [3.63, 3.8) is 0 Å². The second-order valence-corrected chi connectivity index (χ2v) is 22.8. The summed E-state index contributed by atoms with van der Waals surface area (Å²) in [6.07, 6.45) is -0.0141. The van der Waals surface area contributed by atoms with Gasteiger partial charge in [-0.05, 0) is 43.6 Å². The molecule has 0 atom stereocenters. The predicted octanol–water partition coefficient (Wildman–Crippen LogP) is 2.82. The fourth-order valence-electron chi connectivity index (χ4n) is 3.07. The summed E-state index contributed by atoms with van der Waals surface area (Å²) in [5.74, 6) is 7.42. The topological polar surface area (TPSA) is 211 Å². The Bertz CT molecular complexity index is 938. The lowest BCUT2D eigenvalue weighted by Gasteiger charge is -2.15. The van der Waals surface area contributed by atoms with Crippen LogP contribution < -0.4 is 28.4 Å². The lowest BCUT2D eigenvalue weighted by Crippen LogP contribution is -2.32. The number of ether oxygens (including phenoxy) is 2. The van der Waals surface area contributed by atoms with Gasteiger partial charge in [-0.15, -0.1) is 0 Å². The highest BCUT2D eigenvalue weighted by molar-refractivity contribution is 6.76. The first-order chi connectivity index (χ1) is 19.7. The second-order valence-electron chi connectivity index (χ2n) is 11.6. The molecule has 0 unspecified atom stereocenters. The number of carbonyl (C=O) groups is 4. The van der Waals surface area contributed by atoms with Gasteiger partial charge in [0.1, 0.15) is 0 Å². The van der Waals surface area contributed by atoms with Crippen LogP contribution in [0.4, 0.5) is 9.59 Å². The van der Waals surface area contributed by atoms with Crippen molar-refractivity contribution in [3.8, 4) is 0 Å². The van der Waals surface area contributed by atoms with Crippen LogP contribution in [0.2, 0.25) is 51.4 Å². The van der Waals surface area contributed by atoms with Crippen molar-refractivity contribution in [1.82, 2.24) is 15.9 Å². The molecule has 16 heteroatoms. The molecule has 0 saturated carbocycles. The summed E-state index contributed by atoms with van der Waals surface area (Å²) in [6.45, 7) is 15.5. The molecule has 1 aromatic rings. The number of fused-ring (bicyclic) bond motifs is 1. The number of imide groups is 1. The number of nitrogens with zero attached hydrogens (tertiary/aromatic N) is 1. The molecule has 8 N–H and O–H groups in total. The molecule has 0 bridgehead atoms. The van der Waals surface area contributed by atoms with E-state index in [1.807, 2.05) is 0 Å². The van der Waals surface area contributed by atoms with Crippen molar-refractivity contribution >= 4 is 40.1 Å². The zero-order valence-corrected chi connectivity index (χ0v) is 27.8. The van der Waals surface area contributed by atoms with E-state index in [2.05, 4.69) is 61.9 Å². The Morgan fingerprint density at radius 3 is 1.52 bits per heavy atom. The van der Waals surface area contributed by atoms with Crippen LogP contribution in [0.1, 0.15) is 33.6 Å². The number of hydrogen-bond acceptors (Lipinski definition) is 11. The Kier molecular flexibility index (Phi) is 19.5. The number of hydroxylamine groups is 2. The van der Waals surface area contributed by atoms with Gasteiger partial charge in [0, 0.05) is 22.7 Å². The standard InChI is InChI=1S/C17H24N2O5Si.C9H22N2O3Si.H4N2/c1-25(2,3)12-11-23-17(22)18-24-10-6-9-19-15(20)13-7-4-5-8-14(13)16(19)21;1-15(2,3)8-7-13-9(12)11-14-6-4-5-10;1-2/h4-5,7-8H,6,9-12H2,1-3H3,(H,18,22);4-8,10H2,1-3H3,(H,11,12);1-2H2. The van der Waals surface area contributed by atoms with Crippen molar-refractivity contribution in [2.24, 2.45) is 17.4 Å². The normalized spacial score (nSPS) is 12.4. The van der Waals surface area contributed by atoms with Crippen molar-refractivity contribution in [2.75, 3.05) is 39.5 Å². The largest absolute Gasteiger partial charge is 0.448 e. The van der Waals surface area contributed by atoms with E-state index in [1.54, 1.807) is 24.3 Å². The highest BCUT2D eigenvalue weighted by Gasteiger charge is 2.34. The van der Waals surface area contributed by atoms with Crippen molar-refractivity contribution in [3.05, 3.63) is 35.4 Å². The fourth-order valence-corrected chi connectivity index (χ4v) is 4.50. The van der Waals surface area contributed by atoms with E-state index >= 15 is 0 Å². The zero-order valence-electron chi connectivity index (χ0n) is 25.8. The van der Waals surface area contributed by atoms with Crippen LogP contribution in [0.25, 0.3) is 0 Å². The maximum atomic E-state index is 12.2. The number of rotatable bonds is 15. The fraction of sp³-hybridized carbons (Fsp3) is 0.615. The van der Waals surface area contributed by atoms with Gasteiger partial charge >= 0.3 is 12.2 Å². The van der Waals surface area contributed by atoms with Crippen molar-refractivity contribution < 1.29 is 38.3 Å². The minimum absolute atomic E-state index is 0.177. The van der Waals surface area contributed by atoms with Crippen LogP contribution in [0.15, 0.2) is 24.3 Å². The van der Waals surface area contributed by atoms with Crippen LogP contribution in [0, 0.1) is 0 Å².